The van der Waals surface area contributed by atoms with Gasteiger partial charge < -0.3 is 0 Å². The van der Waals surface area contributed by atoms with Crippen LogP contribution in [0.5, 0.6) is 0 Å². The Bertz CT molecular complexity index is 428. The minimum absolute atomic E-state index is 0.0472. The first-order valence-corrected chi connectivity index (χ1v) is 6.59. The lowest BCUT2D eigenvalue weighted by Crippen LogP contribution is -2.05. The molecular formula is C14H17ClFN. The Hall–Kier alpha value is -0.890. The van der Waals surface area contributed by atoms with Crippen LogP contribution < -0.4 is 0 Å². The molecule has 1 aliphatic rings. The molecule has 0 N–H and O–H groups in total. The fourth-order valence-corrected chi connectivity index (χ4v) is 2.52. The van der Waals surface area contributed by atoms with E-state index in [0.717, 1.165) is 24.3 Å². The summed E-state index contributed by atoms with van der Waals surface area (Å²) in [5.74, 6) is 0.370. The van der Waals surface area contributed by atoms with Crippen LogP contribution in [0.15, 0.2) is 18.3 Å². The smallest absolute Gasteiger partial charge is 0.164 e. The number of nitrogens with zero attached hydrogens (tertiary/aromatic N) is 1. The van der Waals surface area contributed by atoms with Crippen LogP contribution in [0.4, 0.5) is 4.39 Å². The number of allylic oxidation sites excluding steroid dienone is 2. The maximum atomic E-state index is 13.3. The molecule has 1 aliphatic carbocycles. The van der Waals surface area contributed by atoms with Crippen molar-refractivity contribution >= 4 is 17.2 Å². The molecule has 17 heavy (non-hydrogen) atoms. The number of aromatic nitrogens is 1. The topological polar surface area (TPSA) is 12.9 Å². The van der Waals surface area contributed by atoms with Crippen molar-refractivity contribution in [3.05, 3.63) is 34.9 Å². The normalized spacial score (nSPS) is 20.2. The predicted molar refractivity (Wildman–Crippen MR) is 69.4 cm³/mol. The van der Waals surface area contributed by atoms with Gasteiger partial charge in [0, 0.05) is 6.20 Å². The van der Waals surface area contributed by atoms with E-state index in [9.17, 15) is 4.39 Å². The molecule has 0 saturated carbocycles. The molecule has 0 amide bonds. The summed E-state index contributed by atoms with van der Waals surface area (Å²) in [6, 6.07) is 1.49. The second-order valence-corrected chi connectivity index (χ2v) is 5.01. The SMILES string of the molecule is CCCC1CC=C(c2cnc(Cl)c(F)c2)CC1. The zero-order chi connectivity index (χ0) is 12.3. The summed E-state index contributed by atoms with van der Waals surface area (Å²) in [5.41, 5.74) is 2.09. The minimum atomic E-state index is -0.430. The first-order valence-electron chi connectivity index (χ1n) is 6.21. The Morgan fingerprint density at radius 3 is 2.94 bits per heavy atom. The molecule has 0 aromatic carbocycles. The Kier molecular flexibility index (Phi) is 4.16. The third-order valence-electron chi connectivity index (χ3n) is 3.38. The number of pyridine rings is 1. The van der Waals surface area contributed by atoms with Gasteiger partial charge in [-0.3, -0.25) is 0 Å². The Balaban J connectivity index is 2.11. The molecule has 0 aliphatic heterocycles. The van der Waals surface area contributed by atoms with Crippen LogP contribution in [0, 0.1) is 11.7 Å². The lowest BCUT2D eigenvalue weighted by atomic mass is 9.85. The third kappa shape index (κ3) is 3.06. The average Bonchev–Trinajstić information content (AvgIpc) is 2.34. The van der Waals surface area contributed by atoms with E-state index in [1.165, 1.54) is 30.9 Å². The molecule has 92 valence electrons. The van der Waals surface area contributed by atoms with Gasteiger partial charge in [-0.05, 0) is 42.4 Å². The summed E-state index contributed by atoms with van der Waals surface area (Å²) in [7, 11) is 0. The molecule has 0 fully saturated rings. The number of halogens is 2. The summed E-state index contributed by atoms with van der Waals surface area (Å²) in [6.45, 7) is 2.22. The second-order valence-electron chi connectivity index (χ2n) is 4.66. The van der Waals surface area contributed by atoms with Crippen molar-refractivity contribution in [1.29, 1.82) is 0 Å². The van der Waals surface area contributed by atoms with E-state index in [1.54, 1.807) is 6.20 Å². The zero-order valence-electron chi connectivity index (χ0n) is 10.0. The molecule has 1 unspecified atom stereocenters. The first kappa shape index (κ1) is 12.6. The van der Waals surface area contributed by atoms with E-state index in [0.29, 0.717) is 0 Å². The highest BCUT2D eigenvalue weighted by Crippen LogP contribution is 2.32. The van der Waals surface area contributed by atoms with Gasteiger partial charge in [0.05, 0.1) is 0 Å². The predicted octanol–water partition coefficient (Wildman–Crippen LogP) is 4.86. The fraction of sp³-hybridized carbons (Fsp3) is 0.500. The quantitative estimate of drug-likeness (QED) is 0.701. The van der Waals surface area contributed by atoms with Gasteiger partial charge in [0.2, 0.25) is 0 Å². The van der Waals surface area contributed by atoms with Crippen molar-refractivity contribution in [2.24, 2.45) is 5.92 Å². The highest BCUT2D eigenvalue weighted by atomic mass is 35.5. The molecule has 0 spiro atoms. The Labute approximate surface area is 107 Å². The summed E-state index contributed by atoms with van der Waals surface area (Å²) in [6.07, 6.45) is 9.75. The van der Waals surface area contributed by atoms with E-state index in [1.807, 2.05) is 0 Å². The first-order chi connectivity index (χ1) is 8.20. The second kappa shape index (κ2) is 5.63. The fourth-order valence-electron chi connectivity index (χ4n) is 2.42. The summed E-state index contributed by atoms with van der Waals surface area (Å²) < 4.78 is 13.3. The van der Waals surface area contributed by atoms with E-state index in [2.05, 4.69) is 18.0 Å². The standard InChI is InChI=1S/C14H17ClFN/c1-2-3-10-4-6-11(7-5-10)12-8-13(16)14(15)17-9-12/h6,8-10H,2-5,7H2,1H3. The number of rotatable bonds is 3. The molecule has 1 heterocycles. The molecule has 3 heteroatoms. The molecule has 0 radical (unpaired) electrons. The van der Waals surface area contributed by atoms with Crippen LogP contribution in [0.1, 0.15) is 44.6 Å². The lowest BCUT2D eigenvalue weighted by molar-refractivity contribution is 0.445. The van der Waals surface area contributed by atoms with E-state index in [4.69, 9.17) is 11.6 Å². The van der Waals surface area contributed by atoms with Crippen LogP contribution in [0.25, 0.3) is 5.57 Å². The molecule has 1 atom stereocenters. The van der Waals surface area contributed by atoms with E-state index < -0.39 is 5.82 Å². The summed E-state index contributed by atoms with van der Waals surface area (Å²) in [4.78, 5) is 3.86. The van der Waals surface area contributed by atoms with Gasteiger partial charge in [-0.25, -0.2) is 9.37 Å². The molecule has 1 aromatic heterocycles. The van der Waals surface area contributed by atoms with Gasteiger partial charge in [-0.1, -0.05) is 37.4 Å². The lowest BCUT2D eigenvalue weighted by Gasteiger charge is -2.21. The summed E-state index contributed by atoms with van der Waals surface area (Å²) in [5, 5.41) is -0.0472. The van der Waals surface area contributed by atoms with Crippen molar-refractivity contribution in [3.8, 4) is 0 Å². The molecule has 1 aromatic rings. The maximum Gasteiger partial charge on any atom is 0.164 e. The summed E-state index contributed by atoms with van der Waals surface area (Å²) >= 11 is 5.58. The maximum absolute atomic E-state index is 13.3. The molecule has 1 nitrogen and oxygen atoms in total. The minimum Gasteiger partial charge on any atom is -0.241 e. The van der Waals surface area contributed by atoms with E-state index in [-0.39, 0.29) is 5.15 Å². The Morgan fingerprint density at radius 1 is 1.53 bits per heavy atom. The molecular weight excluding hydrogens is 237 g/mol. The van der Waals surface area contributed by atoms with Gasteiger partial charge in [-0.15, -0.1) is 0 Å². The van der Waals surface area contributed by atoms with Crippen LogP contribution in [0.3, 0.4) is 0 Å². The highest BCUT2D eigenvalue weighted by Gasteiger charge is 2.15. The monoisotopic (exact) mass is 253 g/mol. The van der Waals surface area contributed by atoms with Gasteiger partial charge in [0.25, 0.3) is 0 Å². The van der Waals surface area contributed by atoms with Crippen molar-refractivity contribution in [1.82, 2.24) is 4.98 Å². The molecule has 0 bridgehead atoms. The van der Waals surface area contributed by atoms with Gasteiger partial charge in [0.15, 0.2) is 11.0 Å². The van der Waals surface area contributed by atoms with Gasteiger partial charge in [-0.2, -0.15) is 0 Å². The molecule has 0 saturated heterocycles. The number of hydrogen-bond donors (Lipinski definition) is 0. The average molecular weight is 254 g/mol. The third-order valence-corrected chi connectivity index (χ3v) is 3.66. The highest BCUT2D eigenvalue weighted by molar-refractivity contribution is 6.29. The Morgan fingerprint density at radius 2 is 2.35 bits per heavy atom. The molecule has 2 rings (SSSR count). The van der Waals surface area contributed by atoms with Crippen molar-refractivity contribution in [2.45, 2.75) is 39.0 Å². The van der Waals surface area contributed by atoms with Crippen molar-refractivity contribution < 1.29 is 4.39 Å². The van der Waals surface area contributed by atoms with Crippen molar-refractivity contribution in [2.75, 3.05) is 0 Å². The largest absolute Gasteiger partial charge is 0.241 e. The van der Waals surface area contributed by atoms with Crippen LogP contribution in [0.2, 0.25) is 5.15 Å². The van der Waals surface area contributed by atoms with Crippen LogP contribution in [-0.2, 0) is 0 Å². The zero-order valence-corrected chi connectivity index (χ0v) is 10.8. The van der Waals surface area contributed by atoms with Crippen molar-refractivity contribution in [3.63, 3.8) is 0 Å². The van der Waals surface area contributed by atoms with Gasteiger partial charge in [0.1, 0.15) is 0 Å². The van der Waals surface area contributed by atoms with Crippen LogP contribution >= 0.6 is 11.6 Å². The van der Waals surface area contributed by atoms with Gasteiger partial charge >= 0.3 is 0 Å². The number of hydrogen-bond acceptors (Lipinski definition) is 1. The van der Waals surface area contributed by atoms with E-state index >= 15 is 0 Å². The van der Waals surface area contributed by atoms with Crippen LogP contribution in [-0.4, -0.2) is 4.98 Å².